The van der Waals surface area contributed by atoms with Crippen LogP contribution in [0.4, 0.5) is 5.69 Å². The zero-order valence-corrected chi connectivity index (χ0v) is 10.7. The molecule has 0 aliphatic rings. The Hall–Kier alpha value is -2.37. The SMILES string of the molecule is CCCn1cnnc1CNc1cccc(C(=O)O)c1. The Morgan fingerprint density at radius 3 is 3.05 bits per heavy atom. The molecule has 2 N–H and O–H groups in total. The van der Waals surface area contributed by atoms with Gasteiger partial charge in [0.05, 0.1) is 12.1 Å². The van der Waals surface area contributed by atoms with E-state index in [0.717, 1.165) is 24.5 Å². The number of aromatic nitrogens is 3. The van der Waals surface area contributed by atoms with Crippen molar-refractivity contribution in [1.82, 2.24) is 14.8 Å². The second-order valence-corrected chi connectivity index (χ2v) is 4.18. The molecule has 100 valence electrons. The van der Waals surface area contributed by atoms with E-state index in [-0.39, 0.29) is 5.56 Å². The first kappa shape index (κ1) is 13.1. The summed E-state index contributed by atoms with van der Waals surface area (Å²) >= 11 is 0. The summed E-state index contributed by atoms with van der Waals surface area (Å²) in [6.07, 6.45) is 2.72. The summed E-state index contributed by atoms with van der Waals surface area (Å²) in [6.45, 7) is 3.48. The van der Waals surface area contributed by atoms with Crippen molar-refractivity contribution in [3.05, 3.63) is 42.0 Å². The van der Waals surface area contributed by atoms with Crippen molar-refractivity contribution in [2.24, 2.45) is 0 Å². The molecule has 0 radical (unpaired) electrons. The maximum atomic E-state index is 10.9. The number of benzene rings is 1. The van der Waals surface area contributed by atoms with Crippen molar-refractivity contribution >= 4 is 11.7 Å². The van der Waals surface area contributed by atoms with Gasteiger partial charge in [0.15, 0.2) is 5.82 Å². The molecule has 0 atom stereocenters. The van der Waals surface area contributed by atoms with Gasteiger partial charge in [-0.25, -0.2) is 4.79 Å². The molecule has 1 aromatic heterocycles. The predicted octanol–water partition coefficient (Wildman–Crippen LogP) is 2.00. The predicted molar refractivity (Wildman–Crippen MR) is 71.0 cm³/mol. The molecule has 0 aliphatic carbocycles. The number of aromatic carboxylic acids is 1. The van der Waals surface area contributed by atoms with Gasteiger partial charge in [0.2, 0.25) is 0 Å². The van der Waals surface area contributed by atoms with Gasteiger partial charge in [0, 0.05) is 12.2 Å². The van der Waals surface area contributed by atoms with E-state index in [1.54, 1.807) is 24.5 Å². The van der Waals surface area contributed by atoms with Crippen molar-refractivity contribution in [3.8, 4) is 0 Å². The van der Waals surface area contributed by atoms with Crippen LogP contribution in [0.15, 0.2) is 30.6 Å². The molecule has 2 rings (SSSR count). The van der Waals surface area contributed by atoms with Crippen LogP contribution in [0, 0.1) is 0 Å². The van der Waals surface area contributed by atoms with Gasteiger partial charge in [0.1, 0.15) is 6.33 Å². The molecule has 0 aliphatic heterocycles. The monoisotopic (exact) mass is 260 g/mol. The van der Waals surface area contributed by atoms with Gasteiger partial charge in [-0.05, 0) is 24.6 Å². The highest BCUT2D eigenvalue weighted by molar-refractivity contribution is 5.88. The van der Waals surface area contributed by atoms with E-state index in [0.29, 0.717) is 6.54 Å². The fourth-order valence-electron chi connectivity index (χ4n) is 1.79. The molecule has 0 saturated heterocycles. The molecule has 0 fully saturated rings. The minimum absolute atomic E-state index is 0.264. The van der Waals surface area contributed by atoms with E-state index in [2.05, 4.69) is 22.4 Å². The molecule has 0 amide bonds. The number of nitrogens with zero attached hydrogens (tertiary/aromatic N) is 3. The Bertz CT molecular complexity index is 565. The van der Waals surface area contributed by atoms with Crippen LogP contribution in [0.5, 0.6) is 0 Å². The van der Waals surface area contributed by atoms with Crippen LogP contribution in [-0.4, -0.2) is 25.8 Å². The number of aryl methyl sites for hydroxylation is 1. The summed E-state index contributed by atoms with van der Waals surface area (Å²) in [7, 11) is 0. The van der Waals surface area contributed by atoms with Crippen molar-refractivity contribution in [2.45, 2.75) is 26.4 Å². The molecular formula is C13H16N4O2. The van der Waals surface area contributed by atoms with Crippen molar-refractivity contribution in [1.29, 1.82) is 0 Å². The van der Waals surface area contributed by atoms with Crippen LogP contribution in [0.1, 0.15) is 29.5 Å². The second-order valence-electron chi connectivity index (χ2n) is 4.18. The van der Waals surface area contributed by atoms with Gasteiger partial charge in [-0.3, -0.25) is 0 Å². The first-order valence-corrected chi connectivity index (χ1v) is 6.14. The van der Waals surface area contributed by atoms with Crippen molar-refractivity contribution < 1.29 is 9.90 Å². The second kappa shape index (κ2) is 5.99. The Balaban J connectivity index is 2.04. The smallest absolute Gasteiger partial charge is 0.335 e. The van der Waals surface area contributed by atoms with E-state index in [1.807, 2.05) is 10.6 Å². The normalized spacial score (nSPS) is 10.4. The first-order chi connectivity index (χ1) is 9.20. The molecule has 0 saturated carbocycles. The maximum absolute atomic E-state index is 10.9. The minimum atomic E-state index is -0.933. The number of rotatable bonds is 6. The molecule has 6 nitrogen and oxygen atoms in total. The standard InChI is InChI=1S/C13H16N4O2/c1-2-6-17-9-15-16-12(17)8-14-11-5-3-4-10(7-11)13(18)19/h3-5,7,9,14H,2,6,8H2,1H3,(H,18,19). The quantitative estimate of drug-likeness (QED) is 0.830. The maximum Gasteiger partial charge on any atom is 0.335 e. The highest BCUT2D eigenvalue weighted by Gasteiger charge is 2.05. The molecule has 1 heterocycles. The van der Waals surface area contributed by atoms with Gasteiger partial charge in [-0.2, -0.15) is 0 Å². The largest absolute Gasteiger partial charge is 0.478 e. The number of carboxylic acids is 1. The zero-order valence-electron chi connectivity index (χ0n) is 10.7. The summed E-state index contributed by atoms with van der Waals surface area (Å²) < 4.78 is 1.98. The number of carboxylic acid groups (broad SMARTS) is 1. The molecule has 6 heteroatoms. The molecular weight excluding hydrogens is 244 g/mol. The Morgan fingerprint density at radius 2 is 2.32 bits per heavy atom. The van der Waals surface area contributed by atoms with Crippen LogP contribution >= 0.6 is 0 Å². The summed E-state index contributed by atoms with van der Waals surface area (Å²) in [6, 6.07) is 6.70. The topological polar surface area (TPSA) is 80.0 Å². The Labute approximate surface area is 111 Å². The van der Waals surface area contributed by atoms with Crippen LogP contribution in [0.2, 0.25) is 0 Å². The number of hydrogen-bond donors (Lipinski definition) is 2. The van der Waals surface area contributed by atoms with Gasteiger partial charge in [0.25, 0.3) is 0 Å². The molecule has 19 heavy (non-hydrogen) atoms. The average Bonchev–Trinajstić information content (AvgIpc) is 2.85. The fraction of sp³-hybridized carbons (Fsp3) is 0.308. The van der Waals surface area contributed by atoms with Gasteiger partial charge >= 0.3 is 5.97 Å². The minimum Gasteiger partial charge on any atom is -0.478 e. The molecule has 2 aromatic rings. The molecule has 0 spiro atoms. The van der Waals surface area contributed by atoms with E-state index < -0.39 is 5.97 Å². The Kier molecular flexibility index (Phi) is 4.12. The lowest BCUT2D eigenvalue weighted by Gasteiger charge is -2.08. The third-order valence-corrected chi connectivity index (χ3v) is 2.72. The number of nitrogens with one attached hydrogen (secondary N) is 1. The molecule has 0 bridgehead atoms. The van der Waals surface area contributed by atoms with Crippen LogP contribution < -0.4 is 5.32 Å². The number of anilines is 1. The van der Waals surface area contributed by atoms with Gasteiger partial charge in [-0.1, -0.05) is 13.0 Å². The molecule has 0 unspecified atom stereocenters. The highest BCUT2D eigenvalue weighted by Crippen LogP contribution is 2.11. The molecule has 1 aromatic carbocycles. The van der Waals surface area contributed by atoms with Gasteiger partial charge < -0.3 is 15.0 Å². The van der Waals surface area contributed by atoms with Crippen LogP contribution in [0.25, 0.3) is 0 Å². The zero-order chi connectivity index (χ0) is 13.7. The third-order valence-electron chi connectivity index (χ3n) is 2.72. The van der Waals surface area contributed by atoms with Crippen LogP contribution in [-0.2, 0) is 13.1 Å². The van der Waals surface area contributed by atoms with Crippen molar-refractivity contribution in [3.63, 3.8) is 0 Å². The van der Waals surface area contributed by atoms with Crippen molar-refractivity contribution in [2.75, 3.05) is 5.32 Å². The highest BCUT2D eigenvalue weighted by atomic mass is 16.4. The van der Waals surface area contributed by atoms with E-state index >= 15 is 0 Å². The fourth-order valence-corrected chi connectivity index (χ4v) is 1.79. The lowest BCUT2D eigenvalue weighted by molar-refractivity contribution is 0.0697. The van der Waals surface area contributed by atoms with Crippen LogP contribution in [0.3, 0.4) is 0 Å². The lowest BCUT2D eigenvalue weighted by Crippen LogP contribution is -2.08. The van der Waals surface area contributed by atoms with E-state index in [9.17, 15) is 4.79 Å². The van der Waals surface area contributed by atoms with Gasteiger partial charge in [-0.15, -0.1) is 10.2 Å². The summed E-state index contributed by atoms with van der Waals surface area (Å²) in [5.74, 6) is -0.0969. The Morgan fingerprint density at radius 1 is 1.47 bits per heavy atom. The number of hydrogen-bond acceptors (Lipinski definition) is 4. The lowest BCUT2D eigenvalue weighted by atomic mass is 10.2. The summed E-state index contributed by atoms with van der Waals surface area (Å²) in [5.41, 5.74) is 1.02. The third kappa shape index (κ3) is 3.31. The first-order valence-electron chi connectivity index (χ1n) is 6.14. The van der Waals surface area contributed by atoms with E-state index in [1.165, 1.54) is 0 Å². The van der Waals surface area contributed by atoms with E-state index in [4.69, 9.17) is 5.11 Å². The summed E-state index contributed by atoms with van der Waals surface area (Å²) in [4.78, 5) is 10.9. The average molecular weight is 260 g/mol. The summed E-state index contributed by atoms with van der Waals surface area (Å²) in [5, 5.41) is 20.0. The number of carbonyl (C=O) groups is 1.